The van der Waals surface area contributed by atoms with Crippen LogP contribution >= 0.6 is 0 Å². The van der Waals surface area contributed by atoms with Gasteiger partial charge < -0.3 is 19.3 Å². The van der Waals surface area contributed by atoms with Gasteiger partial charge in [0.25, 0.3) is 0 Å². The zero-order valence-electron chi connectivity index (χ0n) is 15.5. The lowest BCUT2D eigenvalue weighted by Gasteiger charge is -2.23. The van der Waals surface area contributed by atoms with Crippen molar-refractivity contribution >= 4 is 5.97 Å². The second-order valence-electron chi connectivity index (χ2n) is 6.30. The largest absolute Gasteiger partial charge is 0.459 e. The van der Waals surface area contributed by atoms with E-state index in [1.807, 2.05) is 45.9 Å². The number of carbonyl (C=O) groups is 1. The van der Waals surface area contributed by atoms with E-state index in [0.717, 1.165) is 5.56 Å². The fraction of sp³-hybridized carbons (Fsp3) is 0.632. The van der Waals surface area contributed by atoms with Gasteiger partial charge in [-0.2, -0.15) is 0 Å². The van der Waals surface area contributed by atoms with Crippen LogP contribution in [-0.4, -0.2) is 35.9 Å². The first-order valence-electron chi connectivity index (χ1n) is 8.54. The van der Waals surface area contributed by atoms with Crippen LogP contribution in [0.3, 0.4) is 0 Å². The Bertz CT molecular complexity index is 521. The molecule has 1 heterocycles. The first-order chi connectivity index (χ1) is 11.3. The van der Waals surface area contributed by atoms with Crippen LogP contribution in [-0.2, 0) is 14.2 Å². The van der Waals surface area contributed by atoms with Crippen LogP contribution in [0.1, 0.15) is 57.0 Å². The fourth-order valence-electron chi connectivity index (χ4n) is 2.48. The van der Waals surface area contributed by atoms with Crippen molar-refractivity contribution in [2.75, 3.05) is 6.61 Å². The average Bonchev–Trinajstić information content (AvgIpc) is 2.85. The molecule has 0 bridgehead atoms. The summed E-state index contributed by atoms with van der Waals surface area (Å²) >= 11 is 0. The lowest BCUT2D eigenvalue weighted by Crippen LogP contribution is -2.31. The molecule has 0 aliphatic carbocycles. The summed E-state index contributed by atoms with van der Waals surface area (Å²) in [5.41, 5.74) is 1.45. The molecule has 0 saturated carbocycles. The maximum absolute atomic E-state index is 12.1. The number of carbonyl (C=O) groups excluding carboxylic acids is 1. The number of esters is 1. The molecule has 0 amide bonds. The van der Waals surface area contributed by atoms with Gasteiger partial charge in [-0.3, -0.25) is 0 Å². The summed E-state index contributed by atoms with van der Waals surface area (Å²) < 4.78 is 16.5. The monoisotopic (exact) mass is 338 g/mol. The van der Waals surface area contributed by atoms with Crippen molar-refractivity contribution in [2.45, 2.75) is 66.1 Å². The molecule has 5 heteroatoms. The van der Waals surface area contributed by atoms with Gasteiger partial charge in [-0.15, -0.1) is 0 Å². The molecule has 0 spiro atoms. The Morgan fingerprint density at radius 1 is 1.33 bits per heavy atom. The van der Waals surface area contributed by atoms with Gasteiger partial charge in [0, 0.05) is 6.42 Å². The quantitative estimate of drug-likeness (QED) is 0.655. The van der Waals surface area contributed by atoms with Crippen molar-refractivity contribution < 1.29 is 24.1 Å². The topological polar surface area (TPSA) is 65.0 Å². The van der Waals surface area contributed by atoms with Crippen LogP contribution < -0.4 is 0 Å². The molecule has 24 heavy (non-hydrogen) atoms. The van der Waals surface area contributed by atoms with Gasteiger partial charge in [-0.05, 0) is 38.3 Å². The minimum atomic E-state index is -1.24. The lowest BCUT2D eigenvalue weighted by atomic mass is 10.0. The van der Waals surface area contributed by atoms with Gasteiger partial charge in [0.15, 0.2) is 12.1 Å². The highest BCUT2D eigenvalue weighted by Crippen LogP contribution is 2.29. The third-order valence-electron chi connectivity index (χ3n) is 3.69. The molecule has 1 aliphatic heterocycles. The van der Waals surface area contributed by atoms with Crippen molar-refractivity contribution in [1.82, 2.24) is 0 Å². The van der Waals surface area contributed by atoms with E-state index < -0.39 is 12.1 Å². The van der Waals surface area contributed by atoms with E-state index in [0.29, 0.717) is 12.0 Å². The molecule has 1 N–H and O–H groups in total. The molecule has 136 valence electrons. The van der Waals surface area contributed by atoms with Gasteiger partial charge in [0.1, 0.15) is 6.61 Å². The van der Waals surface area contributed by atoms with Crippen LogP contribution in [0, 0.1) is 12.8 Å². The van der Waals surface area contributed by atoms with E-state index in [2.05, 4.69) is 0 Å². The summed E-state index contributed by atoms with van der Waals surface area (Å²) in [6, 6.07) is 7.31. The van der Waals surface area contributed by atoms with E-state index in [4.69, 9.17) is 14.2 Å². The third-order valence-corrected chi connectivity index (χ3v) is 3.69. The molecule has 1 aromatic rings. The van der Waals surface area contributed by atoms with Crippen molar-refractivity contribution in [2.24, 2.45) is 5.92 Å². The van der Waals surface area contributed by atoms with E-state index >= 15 is 0 Å². The maximum atomic E-state index is 12.1. The minimum absolute atomic E-state index is 0.181. The SMILES string of the molecule is CC.Cc1ccccc1C(=O)OCC1OC(OC(C)(C)O)CC1C. The fourth-order valence-corrected chi connectivity index (χ4v) is 2.48. The Kier molecular flexibility index (Phi) is 7.87. The van der Waals surface area contributed by atoms with E-state index in [1.165, 1.54) is 0 Å². The first kappa shape index (κ1) is 20.6. The summed E-state index contributed by atoms with van der Waals surface area (Å²) in [7, 11) is 0. The van der Waals surface area contributed by atoms with Crippen molar-refractivity contribution in [3.05, 3.63) is 35.4 Å². The number of benzene rings is 1. The van der Waals surface area contributed by atoms with E-state index in [9.17, 15) is 9.90 Å². The van der Waals surface area contributed by atoms with Crippen LogP contribution in [0.4, 0.5) is 0 Å². The number of ether oxygens (including phenoxy) is 3. The molecule has 5 nitrogen and oxygen atoms in total. The normalized spacial score (nSPS) is 23.4. The standard InChI is InChI=1S/C17H24O5.C2H6/c1-11-7-5-6-8-13(11)16(18)20-10-14-12(2)9-15(21-14)22-17(3,4)19;1-2/h5-8,12,14-15,19H,9-10H2,1-4H3;1-2H3. The molecule has 1 fully saturated rings. The van der Waals surface area contributed by atoms with Crippen molar-refractivity contribution in [3.63, 3.8) is 0 Å². The highest BCUT2D eigenvalue weighted by atomic mass is 16.7. The molecular formula is C19H30O5. The third kappa shape index (κ3) is 6.23. The summed E-state index contributed by atoms with van der Waals surface area (Å²) in [5, 5.41) is 9.66. The number of aliphatic hydroxyl groups is 1. The maximum Gasteiger partial charge on any atom is 0.338 e. The highest BCUT2D eigenvalue weighted by Gasteiger charge is 2.36. The first-order valence-corrected chi connectivity index (χ1v) is 8.54. The number of hydrogen-bond donors (Lipinski definition) is 1. The van der Waals surface area contributed by atoms with Crippen LogP contribution in [0.2, 0.25) is 0 Å². The average molecular weight is 338 g/mol. The molecule has 3 unspecified atom stereocenters. The Morgan fingerprint density at radius 2 is 1.96 bits per heavy atom. The summed E-state index contributed by atoms with van der Waals surface area (Å²) in [4.78, 5) is 12.1. The zero-order chi connectivity index (χ0) is 18.3. The Balaban J connectivity index is 0.00000139. The predicted octanol–water partition coefficient (Wildman–Crippen LogP) is 3.67. The zero-order valence-corrected chi connectivity index (χ0v) is 15.5. The molecule has 3 atom stereocenters. The minimum Gasteiger partial charge on any atom is -0.459 e. The summed E-state index contributed by atoms with van der Waals surface area (Å²) in [5.74, 6) is -1.39. The van der Waals surface area contributed by atoms with Gasteiger partial charge in [-0.1, -0.05) is 39.0 Å². The molecule has 0 radical (unpaired) electrons. The van der Waals surface area contributed by atoms with Gasteiger partial charge in [-0.25, -0.2) is 4.79 Å². The van der Waals surface area contributed by atoms with Crippen LogP contribution in [0.25, 0.3) is 0 Å². The van der Waals surface area contributed by atoms with E-state index in [1.54, 1.807) is 19.9 Å². The van der Waals surface area contributed by atoms with Gasteiger partial charge in [0.05, 0.1) is 11.7 Å². The number of aryl methyl sites for hydroxylation is 1. The van der Waals surface area contributed by atoms with Crippen LogP contribution in [0.5, 0.6) is 0 Å². The van der Waals surface area contributed by atoms with Crippen molar-refractivity contribution in [3.8, 4) is 0 Å². The Hall–Kier alpha value is -1.43. The second-order valence-corrected chi connectivity index (χ2v) is 6.30. The summed E-state index contributed by atoms with van der Waals surface area (Å²) in [6.45, 7) is 11.2. The Labute approximate surface area is 144 Å². The highest BCUT2D eigenvalue weighted by molar-refractivity contribution is 5.90. The summed E-state index contributed by atoms with van der Waals surface area (Å²) in [6.07, 6.45) is -0.0335. The Morgan fingerprint density at radius 3 is 2.54 bits per heavy atom. The van der Waals surface area contributed by atoms with Gasteiger partial charge in [0.2, 0.25) is 0 Å². The van der Waals surface area contributed by atoms with Gasteiger partial charge >= 0.3 is 5.97 Å². The van der Waals surface area contributed by atoms with Crippen LogP contribution in [0.15, 0.2) is 24.3 Å². The lowest BCUT2D eigenvalue weighted by molar-refractivity contribution is -0.270. The molecule has 2 rings (SSSR count). The molecule has 0 aromatic heterocycles. The second kappa shape index (κ2) is 9.16. The van der Waals surface area contributed by atoms with Crippen molar-refractivity contribution in [1.29, 1.82) is 0 Å². The molecule has 1 aliphatic rings. The van der Waals surface area contributed by atoms with E-state index in [-0.39, 0.29) is 24.6 Å². The molecule has 1 saturated heterocycles. The number of rotatable bonds is 5. The molecule has 1 aromatic carbocycles. The predicted molar refractivity (Wildman–Crippen MR) is 92.6 cm³/mol. The smallest absolute Gasteiger partial charge is 0.338 e. The number of hydrogen-bond acceptors (Lipinski definition) is 5. The molecular weight excluding hydrogens is 308 g/mol.